The predicted molar refractivity (Wildman–Crippen MR) is 61.5 cm³/mol. The Balaban J connectivity index is 2.00. The quantitative estimate of drug-likeness (QED) is 0.843. The molecule has 0 spiro atoms. The molecule has 1 N–H and O–H groups in total. The molecular weight excluding hydrogens is 218 g/mol. The van der Waals surface area contributed by atoms with Crippen molar-refractivity contribution in [1.29, 1.82) is 5.26 Å². The molecule has 0 aliphatic carbocycles. The van der Waals surface area contributed by atoms with Crippen LogP contribution < -0.4 is 4.90 Å². The summed E-state index contributed by atoms with van der Waals surface area (Å²) in [6, 6.07) is 7.27. The van der Waals surface area contributed by atoms with Crippen molar-refractivity contribution in [2.24, 2.45) is 11.8 Å². The Morgan fingerprint density at radius 3 is 2.94 bits per heavy atom. The molecule has 1 unspecified atom stereocenters. The van der Waals surface area contributed by atoms with Crippen LogP contribution in [0.4, 0.5) is 5.82 Å². The number of nitrogens with zero attached hydrogens (tertiary/aromatic N) is 3. The smallest absolute Gasteiger partial charge is 0.306 e. The molecule has 5 heteroatoms. The molecule has 2 rings (SSSR count). The van der Waals surface area contributed by atoms with Crippen molar-refractivity contribution < 1.29 is 9.90 Å². The summed E-state index contributed by atoms with van der Waals surface area (Å²) in [6.45, 7) is 3.11. The van der Waals surface area contributed by atoms with Gasteiger partial charge in [-0.3, -0.25) is 4.79 Å². The number of aromatic nitrogens is 1. The van der Waals surface area contributed by atoms with Gasteiger partial charge in [0.25, 0.3) is 0 Å². The third kappa shape index (κ3) is 2.21. The molecule has 1 aliphatic rings. The summed E-state index contributed by atoms with van der Waals surface area (Å²) in [5, 5.41) is 17.6. The number of hydrogen-bond acceptors (Lipinski definition) is 4. The highest BCUT2D eigenvalue weighted by Gasteiger charge is 2.35. The van der Waals surface area contributed by atoms with Gasteiger partial charge in [0.1, 0.15) is 17.6 Å². The average Bonchev–Trinajstić information content (AvgIpc) is 2.27. The maximum Gasteiger partial charge on any atom is 0.306 e. The lowest BCUT2D eigenvalue weighted by Gasteiger charge is -2.42. The van der Waals surface area contributed by atoms with E-state index in [1.165, 1.54) is 0 Å². The van der Waals surface area contributed by atoms with E-state index in [4.69, 9.17) is 10.4 Å². The summed E-state index contributed by atoms with van der Waals surface area (Å²) in [5.74, 6) is -0.170. The first-order valence-electron chi connectivity index (χ1n) is 5.46. The van der Waals surface area contributed by atoms with Crippen LogP contribution in [0.1, 0.15) is 12.6 Å². The van der Waals surface area contributed by atoms with Crippen molar-refractivity contribution in [2.75, 3.05) is 18.0 Å². The molecule has 1 fully saturated rings. The van der Waals surface area contributed by atoms with E-state index in [0.29, 0.717) is 18.8 Å². The molecule has 2 heterocycles. The molecule has 1 atom stereocenters. The Kier molecular flexibility index (Phi) is 2.96. The highest BCUT2D eigenvalue weighted by Crippen LogP contribution is 2.28. The van der Waals surface area contributed by atoms with E-state index < -0.39 is 5.97 Å². The van der Waals surface area contributed by atoms with Gasteiger partial charge in [-0.05, 0) is 12.1 Å². The fraction of sp³-hybridized carbons (Fsp3) is 0.417. The predicted octanol–water partition coefficient (Wildman–Crippen LogP) is 1.11. The van der Waals surface area contributed by atoms with Gasteiger partial charge in [0.15, 0.2) is 0 Å². The number of pyridine rings is 1. The lowest BCUT2D eigenvalue weighted by molar-refractivity contribution is -0.143. The third-order valence-electron chi connectivity index (χ3n) is 3.18. The SMILES string of the molecule is CC(C(=O)O)C1CN(c2cccc(C#N)n2)C1. The molecule has 88 valence electrons. The maximum atomic E-state index is 10.8. The molecule has 1 aromatic heterocycles. The molecule has 1 aromatic rings. The van der Waals surface area contributed by atoms with Crippen molar-refractivity contribution in [1.82, 2.24) is 4.98 Å². The van der Waals surface area contributed by atoms with Crippen molar-refractivity contribution in [3.63, 3.8) is 0 Å². The first kappa shape index (κ1) is 11.4. The summed E-state index contributed by atoms with van der Waals surface area (Å²) in [6.07, 6.45) is 0. The Morgan fingerprint density at radius 2 is 2.35 bits per heavy atom. The van der Waals surface area contributed by atoms with E-state index in [1.807, 2.05) is 17.0 Å². The van der Waals surface area contributed by atoms with Crippen molar-refractivity contribution >= 4 is 11.8 Å². The van der Waals surface area contributed by atoms with E-state index >= 15 is 0 Å². The van der Waals surface area contributed by atoms with Gasteiger partial charge in [-0.25, -0.2) is 4.98 Å². The summed E-state index contributed by atoms with van der Waals surface area (Å²) >= 11 is 0. The molecule has 17 heavy (non-hydrogen) atoms. The second-order valence-electron chi connectivity index (χ2n) is 4.28. The van der Waals surface area contributed by atoms with Crippen LogP contribution in [0.15, 0.2) is 18.2 Å². The van der Waals surface area contributed by atoms with Crippen LogP contribution in [0.3, 0.4) is 0 Å². The zero-order chi connectivity index (χ0) is 12.4. The normalized spacial score (nSPS) is 17.1. The molecule has 0 bridgehead atoms. The lowest BCUT2D eigenvalue weighted by Crippen LogP contribution is -2.51. The van der Waals surface area contributed by atoms with Crippen LogP contribution in [-0.2, 0) is 4.79 Å². The Morgan fingerprint density at radius 1 is 1.65 bits per heavy atom. The van der Waals surface area contributed by atoms with Gasteiger partial charge in [0.2, 0.25) is 0 Å². The molecule has 0 amide bonds. The van der Waals surface area contributed by atoms with E-state index in [2.05, 4.69) is 4.98 Å². The number of rotatable bonds is 3. The zero-order valence-corrected chi connectivity index (χ0v) is 9.50. The van der Waals surface area contributed by atoms with Gasteiger partial charge in [-0.1, -0.05) is 13.0 Å². The van der Waals surface area contributed by atoms with Gasteiger partial charge in [0, 0.05) is 19.0 Å². The topological polar surface area (TPSA) is 77.2 Å². The highest BCUT2D eigenvalue weighted by atomic mass is 16.4. The number of nitriles is 1. The van der Waals surface area contributed by atoms with Crippen LogP contribution in [0.5, 0.6) is 0 Å². The van der Waals surface area contributed by atoms with Crippen molar-refractivity contribution in [3.8, 4) is 6.07 Å². The number of anilines is 1. The second kappa shape index (κ2) is 4.42. The minimum atomic E-state index is -0.756. The Hall–Kier alpha value is -2.09. The van der Waals surface area contributed by atoms with E-state index in [1.54, 1.807) is 19.1 Å². The average molecular weight is 231 g/mol. The summed E-state index contributed by atoms with van der Waals surface area (Å²) in [4.78, 5) is 17.0. The molecule has 5 nitrogen and oxygen atoms in total. The summed E-state index contributed by atoms with van der Waals surface area (Å²) < 4.78 is 0. The van der Waals surface area contributed by atoms with Crippen LogP contribution in [0.2, 0.25) is 0 Å². The minimum absolute atomic E-state index is 0.167. The number of carbonyl (C=O) groups is 1. The minimum Gasteiger partial charge on any atom is -0.481 e. The summed E-state index contributed by atoms with van der Waals surface area (Å²) in [5.41, 5.74) is 0.386. The number of aliphatic carboxylic acids is 1. The van der Waals surface area contributed by atoms with Crippen LogP contribution in [0.25, 0.3) is 0 Å². The van der Waals surface area contributed by atoms with Crippen LogP contribution in [0, 0.1) is 23.2 Å². The Bertz CT molecular complexity index is 475. The highest BCUT2D eigenvalue weighted by molar-refractivity contribution is 5.70. The molecule has 1 aliphatic heterocycles. The van der Waals surface area contributed by atoms with E-state index in [-0.39, 0.29) is 11.8 Å². The van der Waals surface area contributed by atoms with Crippen molar-refractivity contribution in [3.05, 3.63) is 23.9 Å². The van der Waals surface area contributed by atoms with Gasteiger partial charge in [-0.15, -0.1) is 0 Å². The zero-order valence-electron chi connectivity index (χ0n) is 9.50. The van der Waals surface area contributed by atoms with Gasteiger partial charge >= 0.3 is 5.97 Å². The number of carboxylic acid groups (broad SMARTS) is 1. The molecule has 0 aromatic carbocycles. The van der Waals surface area contributed by atoms with Crippen LogP contribution >= 0.6 is 0 Å². The van der Waals surface area contributed by atoms with Crippen molar-refractivity contribution in [2.45, 2.75) is 6.92 Å². The number of hydrogen-bond donors (Lipinski definition) is 1. The largest absolute Gasteiger partial charge is 0.481 e. The standard InChI is InChI=1S/C12H13N3O2/c1-8(12(16)17)9-6-15(7-9)11-4-2-3-10(5-13)14-11/h2-4,8-9H,6-7H2,1H3,(H,16,17). The monoisotopic (exact) mass is 231 g/mol. The maximum absolute atomic E-state index is 10.8. The fourth-order valence-electron chi connectivity index (χ4n) is 1.88. The Labute approximate surface area is 99.3 Å². The van der Waals surface area contributed by atoms with Gasteiger partial charge < -0.3 is 10.0 Å². The first-order valence-corrected chi connectivity index (χ1v) is 5.46. The summed E-state index contributed by atoms with van der Waals surface area (Å²) in [7, 11) is 0. The lowest BCUT2D eigenvalue weighted by atomic mass is 9.87. The third-order valence-corrected chi connectivity index (χ3v) is 3.18. The molecule has 1 saturated heterocycles. The number of carboxylic acids is 1. The van der Waals surface area contributed by atoms with E-state index in [9.17, 15) is 4.79 Å². The second-order valence-corrected chi connectivity index (χ2v) is 4.28. The van der Waals surface area contributed by atoms with E-state index in [0.717, 1.165) is 5.82 Å². The molecule has 0 saturated carbocycles. The first-order chi connectivity index (χ1) is 8.11. The molecular formula is C12H13N3O2. The van der Waals surface area contributed by atoms with Gasteiger partial charge in [-0.2, -0.15) is 5.26 Å². The molecule has 0 radical (unpaired) electrons. The van der Waals surface area contributed by atoms with Crippen LogP contribution in [-0.4, -0.2) is 29.1 Å². The fourth-order valence-corrected chi connectivity index (χ4v) is 1.88. The van der Waals surface area contributed by atoms with Gasteiger partial charge in [0.05, 0.1) is 5.92 Å².